The van der Waals surface area contributed by atoms with Gasteiger partial charge >= 0.3 is 0 Å². The van der Waals surface area contributed by atoms with E-state index in [0.717, 1.165) is 18.4 Å². The Hall–Kier alpha value is -2.08. The molecular weight excluding hydrogens is 270 g/mol. The largest absolute Gasteiger partial charge is 0.482 e. The molecule has 1 aliphatic rings. The molecule has 2 amide bonds. The maximum Gasteiger partial charge on any atom is 0.265 e. The molecular formula is C15H21N3O3. The number of nitrogens with two attached hydrogens (primary N) is 1. The molecule has 6 heteroatoms. The molecule has 3 N–H and O–H groups in total. The highest BCUT2D eigenvalue weighted by Crippen LogP contribution is 2.32. The molecule has 1 aromatic rings. The number of fused-ring (bicyclic) bond motifs is 1. The Bertz CT molecular complexity index is 531. The van der Waals surface area contributed by atoms with Gasteiger partial charge in [0.15, 0.2) is 6.61 Å². The number of nitrogens with one attached hydrogen (secondary N) is 1. The molecule has 0 bridgehead atoms. The summed E-state index contributed by atoms with van der Waals surface area (Å²) in [6.07, 6.45) is 1.94. The summed E-state index contributed by atoms with van der Waals surface area (Å²) in [6.45, 7) is 3.02. The van der Waals surface area contributed by atoms with E-state index in [4.69, 9.17) is 10.5 Å². The number of carbonyl (C=O) groups is 2. The van der Waals surface area contributed by atoms with Crippen molar-refractivity contribution in [3.63, 3.8) is 0 Å². The number of rotatable bonds is 6. The number of nitrogens with zero attached hydrogens (tertiary/aromatic N) is 1. The summed E-state index contributed by atoms with van der Waals surface area (Å²) in [5.74, 6) is 0.221. The third-order valence-electron chi connectivity index (χ3n) is 3.36. The van der Waals surface area contributed by atoms with Crippen LogP contribution in [0.1, 0.15) is 25.3 Å². The lowest BCUT2D eigenvalue weighted by Gasteiger charge is -2.29. The number of ether oxygens (including phenoxy) is 1. The number of benzene rings is 1. The quantitative estimate of drug-likeness (QED) is 0.759. The fraction of sp³-hybridized carbons (Fsp3) is 0.467. The van der Waals surface area contributed by atoms with Crippen LogP contribution >= 0.6 is 0 Å². The summed E-state index contributed by atoms with van der Waals surface area (Å²) in [5, 5.41) is 2.81. The number of hydrogen-bond donors (Lipinski definition) is 2. The van der Waals surface area contributed by atoms with Crippen molar-refractivity contribution in [2.75, 3.05) is 24.6 Å². The molecule has 21 heavy (non-hydrogen) atoms. The molecule has 0 saturated heterocycles. The Balaban J connectivity index is 2.12. The van der Waals surface area contributed by atoms with Crippen LogP contribution in [0.25, 0.3) is 0 Å². The Kier molecular flexibility index (Phi) is 5.16. The maximum atomic E-state index is 12.0. The van der Waals surface area contributed by atoms with Crippen LogP contribution in [0.4, 0.5) is 5.69 Å². The Morgan fingerprint density at radius 3 is 3.00 bits per heavy atom. The molecule has 6 nitrogen and oxygen atoms in total. The summed E-state index contributed by atoms with van der Waals surface area (Å²) in [4.78, 5) is 25.4. The predicted molar refractivity (Wildman–Crippen MR) is 80.1 cm³/mol. The van der Waals surface area contributed by atoms with Crippen molar-refractivity contribution in [3.05, 3.63) is 23.8 Å². The molecule has 0 radical (unpaired) electrons. The first-order chi connectivity index (χ1) is 10.2. The molecule has 0 aromatic heterocycles. The summed E-state index contributed by atoms with van der Waals surface area (Å²) >= 11 is 0. The second-order valence-electron chi connectivity index (χ2n) is 4.98. The molecule has 1 heterocycles. The highest BCUT2D eigenvalue weighted by Gasteiger charge is 2.27. The number of amides is 2. The predicted octanol–water partition coefficient (Wildman–Crippen LogP) is 0.787. The third kappa shape index (κ3) is 3.72. The minimum absolute atomic E-state index is 0.00688. The smallest absolute Gasteiger partial charge is 0.265 e. The van der Waals surface area contributed by atoms with Crippen molar-refractivity contribution in [1.29, 1.82) is 0 Å². The van der Waals surface area contributed by atoms with Crippen LogP contribution in [0.5, 0.6) is 5.75 Å². The van der Waals surface area contributed by atoms with Crippen molar-refractivity contribution in [2.24, 2.45) is 5.73 Å². The van der Waals surface area contributed by atoms with Gasteiger partial charge in [-0.3, -0.25) is 14.5 Å². The van der Waals surface area contributed by atoms with Gasteiger partial charge in [0, 0.05) is 13.1 Å². The Morgan fingerprint density at radius 2 is 2.29 bits per heavy atom. The molecule has 0 atom stereocenters. The Labute approximate surface area is 124 Å². The molecule has 0 spiro atoms. The average Bonchev–Trinajstić information content (AvgIpc) is 2.50. The first kappa shape index (κ1) is 15.3. The van der Waals surface area contributed by atoms with Crippen LogP contribution in [0.3, 0.4) is 0 Å². The van der Waals surface area contributed by atoms with Crippen molar-refractivity contribution >= 4 is 17.5 Å². The number of carbonyl (C=O) groups excluding carboxylic acids is 2. The minimum Gasteiger partial charge on any atom is -0.482 e. The standard InChI is InChI=1S/C15H21N3O3/c1-2-3-6-17-14(19)9-18-12-7-11(8-16)4-5-13(12)21-10-15(18)20/h4-5,7H,2-3,6,8-10,16H2,1H3,(H,17,19). The SMILES string of the molecule is CCCCNC(=O)CN1C(=O)COc2ccc(CN)cc21. The van der Waals surface area contributed by atoms with E-state index in [9.17, 15) is 9.59 Å². The minimum atomic E-state index is -0.220. The van der Waals surface area contributed by atoms with Crippen LogP contribution in [0.2, 0.25) is 0 Å². The van der Waals surface area contributed by atoms with Crippen LogP contribution in [0.15, 0.2) is 18.2 Å². The molecule has 114 valence electrons. The summed E-state index contributed by atoms with van der Waals surface area (Å²) in [5.41, 5.74) is 7.12. The number of anilines is 1. The van der Waals surface area contributed by atoms with Crippen molar-refractivity contribution in [3.8, 4) is 5.75 Å². The lowest BCUT2D eigenvalue weighted by molar-refractivity contribution is -0.125. The van der Waals surface area contributed by atoms with Crippen molar-refractivity contribution in [2.45, 2.75) is 26.3 Å². The van der Waals surface area contributed by atoms with Crippen LogP contribution in [-0.4, -0.2) is 31.5 Å². The van der Waals surface area contributed by atoms with Crippen LogP contribution in [0, 0.1) is 0 Å². The summed E-state index contributed by atoms with van der Waals surface area (Å²) < 4.78 is 5.38. The van der Waals surface area contributed by atoms with Gasteiger partial charge in [-0.05, 0) is 24.1 Å². The van der Waals surface area contributed by atoms with E-state index in [1.165, 1.54) is 4.90 Å². The van der Waals surface area contributed by atoms with E-state index in [-0.39, 0.29) is 25.0 Å². The van der Waals surface area contributed by atoms with E-state index in [2.05, 4.69) is 12.2 Å². The molecule has 2 rings (SSSR count). The van der Waals surface area contributed by atoms with Crippen LogP contribution in [-0.2, 0) is 16.1 Å². The fourth-order valence-electron chi connectivity index (χ4n) is 2.15. The lowest BCUT2D eigenvalue weighted by Crippen LogP contribution is -2.45. The van der Waals surface area contributed by atoms with Gasteiger partial charge in [0.2, 0.25) is 5.91 Å². The van der Waals surface area contributed by atoms with Gasteiger partial charge in [-0.25, -0.2) is 0 Å². The molecule has 1 aliphatic heterocycles. The van der Waals surface area contributed by atoms with Crippen molar-refractivity contribution < 1.29 is 14.3 Å². The summed E-state index contributed by atoms with van der Waals surface area (Å²) in [7, 11) is 0. The number of hydrogen-bond acceptors (Lipinski definition) is 4. The zero-order valence-corrected chi connectivity index (χ0v) is 12.2. The van der Waals surface area contributed by atoms with Gasteiger partial charge in [0.1, 0.15) is 12.3 Å². The van der Waals surface area contributed by atoms with E-state index in [1.54, 1.807) is 12.1 Å². The maximum absolute atomic E-state index is 12.0. The zero-order valence-electron chi connectivity index (χ0n) is 12.2. The van der Waals surface area contributed by atoms with Gasteiger partial charge < -0.3 is 15.8 Å². The highest BCUT2D eigenvalue weighted by molar-refractivity contribution is 6.02. The first-order valence-electron chi connectivity index (χ1n) is 7.18. The molecule has 1 aromatic carbocycles. The topological polar surface area (TPSA) is 84.7 Å². The van der Waals surface area contributed by atoms with Gasteiger partial charge in [0.25, 0.3) is 5.91 Å². The van der Waals surface area contributed by atoms with E-state index < -0.39 is 0 Å². The average molecular weight is 291 g/mol. The molecule has 0 unspecified atom stereocenters. The van der Waals surface area contributed by atoms with Gasteiger partial charge in [-0.2, -0.15) is 0 Å². The molecule has 0 saturated carbocycles. The van der Waals surface area contributed by atoms with Gasteiger partial charge in [-0.1, -0.05) is 19.4 Å². The highest BCUT2D eigenvalue weighted by atomic mass is 16.5. The van der Waals surface area contributed by atoms with Crippen molar-refractivity contribution in [1.82, 2.24) is 5.32 Å². The second-order valence-corrected chi connectivity index (χ2v) is 4.98. The first-order valence-corrected chi connectivity index (χ1v) is 7.18. The molecule has 0 fully saturated rings. The van der Waals surface area contributed by atoms with Crippen LogP contribution < -0.4 is 20.7 Å². The van der Waals surface area contributed by atoms with E-state index in [1.807, 2.05) is 6.07 Å². The normalized spacial score (nSPS) is 13.6. The molecule has 0 aliphatic carbocycles. The third-order valence-corrected chi connectivity index (χ3v) is 3.36. The fourth-order valence-corrected chi connectivity index (χ4v) is 2.15. The lowest BCUT2D eigenvalue weighted by atomic mass is 10.1. The zero-order chi connectivity index (χ0) is 15.2. The van der Waals surface area contributed by atoms with E-state index in [0.29, 0.717) is 24.5 Å². The second kappa shape index (κ2) is 7.08. The Morgan fingerprint density at radius 1 is 1.48 bits per heavy atom. The monoisotopic (exact) mass is 291 g/mol. The van der Waals surface area contributed by atoms with E-state index >= 15 is 0 Å². The summed E-state index contributed by atoms with van der Waals surface area (Å²) in [6, 6.07) is 5.44. The van der Waals surface area contributed by atoms with Gasteiger partial charge in [0.05, 0.1) is 5.69 Å². The van der Waals surface area contributed by atoms with Gasteiger partial charge in [-0.15, -0.1) is 0 Å². The number of unbranched alkanes of at least 4 members (excludes halogenated alkanes) is 1.